The topological polar surface area (TPSA) is 55.6 Å². The lowest BCUT2D eigenvalue weighted by Crippen LogP contribution is -2.46. The summed E-state index contributed by atoms with van der Waals surface area (Å²) in [5.41, 5.74) is 7.34. The normalized spacial score (nSPS) is 18.2. The smallest absolute Gasteiger partial charge is 0.263 e. The van der Waals surface area contributed by atoms with Gasteiger partial charge in [0.05, 0.1) is 0 Å². The third kappa shape index (κ3) is 5.89. The number of nitrogens with two attached hydrogens (primary N) is 1. The van der Waals surface area contributed by atoms with Crippen molar-refractivity contribution in [3.8, 4) is 5.75 Å². The molecule has 1 aromatic carbocycles. The fourth-order valence-electron chi connectivity index (χ4n) is 3.19. The Balaban J connectivity index is 0.00000312. The Kier molecular flexibility index (Phi) is 7.76. The van der Waals surface area contributed by atoms with E-state index in [-0.39, 0.29) is 29.8 Å². The molecule has 142 valence electrons. The minimum atomic E-state index is -0.461. The number of amides is 1. The third-order valence-corrected chi connectivity index (χ3v) is 4.98. The second-order valence-corrected chi connectivity index (χ2v) is 8.06. The van der Waals surface area contributed by atoms with E-state index in [1.165, 1.54) is 5.56 Å². The molecule has 0 aliphatic carbocycles. The second kappa shape index (κ2) is 8.91. The Morgan fingerprint density at radius 1 is 1.16 bits per heavy atom. The van der Waals surface area contributed by atoms with E-state index in [0.717, 1.165) is 31.7 Å². The molecule has 4 nitrogen and oxygen atoms in total. The summed E-state index contributed by atoms with van der Waals surface area (Å²) < 4.78 is 5.86. The number of hydrogen-bond donors (Lipinski definition) is 1. The molecule has 0 saturated carbocycles. The van der Waals surface area contributed by atoms with Crippen molar-refractivity contribution >= 4 is 18.3 Å². The average molecular weight is 369 g/mol. The molecule has 1 saturated heterocycles. The molecule has 0 bridgehead atoms. The van der Waals surface area contributed by atoms with E-state index < -0.39 is 6.10 Å². The van der Waals surface area contributed by atoms with Gasteiger partial charge >= 0.3 is 0 Å². The predicted octanol–water partition coefficient (Wildman–Crippen LogP) is 3.76. The van der Waals surface area contributed by atoms with Crippen molar-refractivity contribution in [2.45, 2.75) is 65.0 Å². The van der Waals surface area contributed by atoms with Crippen LogP contribution < -0.4 is 10.5 Å². The summed E-state index contributed by atoms with van der Waals surface area (Å²) in [6.07, 6.45) is 1.50. The van der Waals surface area contributed by atoms with Crippen molar-refractivity contribution in [2.75, 3.05) is 13.1 Å². The van der Waals surface area contributed by atoms with E-state index >= 15 is 0 Å². The molecule has 1 fully saturated rings. The Bertz CT molecular complexity index is 544. The number of nitrogens with zero attached hydrogens (tertiary/aromatic N) is 1. The molecule has 0 radical (unpaired) electrons. The molecule has 1 aliphatic rings. The first-order valence-electron chi connectivity index (χ1n) is 9.00. The van der Waals surface area contributed by atoms with Gasteiger partial charge in [-0.2, -0.15) is 0 Å². The number of halogens is 1. The van der Waals surface area contributed by atoms with Gasteiger partial charge in [0.1, 0.15) is 5.75 Å². The highest BCUT2D eigenvalue weighted by molar-refractivity contribution is 5.85. The molecule has 2 unspecified atom stereocenters. The quantitative estimate of drug-likeness (QED) is 0.880. The van der Waals surface area contributed by atoms with E-state index in [1.54, 1.807) is 0 Å². The van der Waals surface area contributed by atoms with Crippen molar-refractivity contribution in [1.82, 2.24) is 4.90 Å². The molecule has 0 aromatic heterocycles. The van der Waals surface area contributed by atoms with E-state index in [4.69, 9.17) is 10.5 Å². The Labute approximate surface area is 158 Å². The van der Waals surface area contributed by atoms with Crippen molar-refractivity contribution in [3.63, 3.8) is 0 Å². The number of piperidine rings is 1. The van der Waals surface area contributed by atoms with Crippen LogP contribution in [-0.2, 0) is 10.2 Å². The monoisotopic (exact) mass is 368 g/mol. The van der Waals surface area contributed by atoms with Crippen LogP contribution in [0.1, 0.15) is 53.0 Å². The van der Waals surface area contributed by atoms with E-state index in [9.17, 15) is 4.79 Å². The highest BCUT2D eigenvalue weighted by Gasteiger charge is 2.28. The van der Waals surface area contributed by atoms with Crippen molar-refractivity contribution in [3.05, 3.63) is 29.8 Å². The minimum Gasteiger partial charge on any atom is -0.481 e. The molecule has 1 heterocycles. The van der Waals surface area contributed by atoms with Gasteiger partial charge in [0.2, 0.25) is 0 Å². The Hall–Kier alpha value is -1.26. The van der Waals surface area contributed by atoms with Gasteiger partial charge in [-0.05, 0) is 55.7 Å². The molecular formula is C20H33ClN2O2. The number of likely N-dealkylation sites (tertiary alicyclic amines) is 1. The summed E-state index contributed by atoms with van der Waals surface area (Å²) in [6.45, 7) is 12.0. The van der Waals surface area contributed by atoms with Crippen LogP contribution in [0.15, 0.2) is 24.3 Å². The van der Waals surface area contributed by atoms with E-state index in [0.29, 0.717) is 5.92 Å². The van der Waals surface area contributed by atoms with E-state index in [1.807, 2.05) is 24.0 Å². The SMILES string of the molecule is CC(Oc1ccc(C(C)(C)C)cc1)C(=O)N1CCC(C(C)N)CC1.Cl. The summed E-state index contributed by atoms with van der Waals surface area (Å²) >= 11 is 0. The van der Waals surface area contributed by atoms with Crippen molar-refractivity contribution in [2.24, 2.45) is 11.7 Å². The maximum absolute atomic E-state index is 12.6. The molecule has 1 aromatic rings. The summed E-state index contributed by atoms with van der Waals surface area (Å²) in [4.78, 5) is 14.5. The first-order chi connectivity index (χ1) is 11.2. The zero-order valence-corrected chi connectivity index (χ0v) is 16.9. The van der Waals surface area contributed by atoms with Crippen LogP contribution in [0.25, 0.3) is 0 Å². The van der Waals surface area contributed by atoms with Crippen molar-refractivity contribution in [1.29, 1.82) is 0 Å². The molecule has 1 amide bonds. The van der Waals surface area contributed by atoms with Crippen LogP contribution in [-0.4, -0.2) is 36.0 Å². The van der Waals surface area contributed by atoms with Gasteiger partial charge in [-0.3, -0.25) is 4.79 Å². The Morgan fingerprint density at radius 2 is 1.68 bits per heavy atom. The summed E-state index contributed by atoms with van der Waals surface area (Å²) in [5, 5.41) is 0. The highest BCUT2D eigenvalue weighted by Crippen LogP contribution is 2.25. The number of carbonyl (C=O) groups is 1. The fourth-order valence-corrected chi connectivity index (χ4v) is 3.19. The number of rotatable bonds is 4. The maximum Gasteiger partial charge on any atom is 0.263 e. The molecule has 2 atom stereocenters. The van der Waals surface area contributed by atoms with Crippen LogP contribution in [0.5, 0.6) is 5.75 Å². The van der Waals surface area contributed by atoms with Crippen LogP contribution in [0.2, 0.25) is 0 Å². The predicted molar refractivity (Wildman–Crippen MR) is 105 cm³/mol. The zero-order valence-electron chi connectivity index (χ0n) is 16.1. The maximum atomic E-state index is 12.6. The molecule has 2 N–H and O–H groups in total. The molecule has 25 heavy (non-hydrogen) atoms. The largest absolute Gasteiger partial charge is 0.481 e. The summed E-state index contributed by atoms with van der Waals surface area (Å²) in [6, 6.07) is 8.25. The minimum absolute atomic E-state index is 0. The molecule has 5 heteroatoms. The zero-order chi connectivity index (χ0) is 17.9. The number of benzene rings is 1. The van der Waals surface area contributed by atoms with Gasteiger partial charge in [0.15, 0.2) is 6.10 Å². The highest BCUT2D eigenvalue weighted by atomic mass is 35.5. The lowest BCUT2D eigenvalue weighted by Gasteiger charge is -2.35. The first kappa shape index (κ1) is 21.8. The van der Waals surface area contributed by atoms with Gasteiger partial charge in [-0.25, -0.2) is 0 Å². The van der Waals surface area contributed by atoms with E-state index in [2.05, 4.69) is 39.8 Å². The third-order valence-electron chi connectivity index (χ3n) is 4.98. The number of carbonyl (C=O) groups excluding carboxylic acids is 1. The lowest BCUT2D eigenvalue weighted by atomic mass is 9.87. The van der Waals surface area contributed by atoms with Gasteiger partial charge < -0.3 is 15.4 Å². The molecule has 1 aliphatic heterocycles. The fraction of sp³-hybridized carbons (Fsp3) is 0.650. The molecule has 0 spiro atoms. The number of hydrogen-bond acceptors (Lipinski definition) is 3. The van der Waals surface area contributed by atoms with Gasteiger partial charge in [0, 0.05) is 19.1 Å². The van der Waals surface area contributed by atoms with Gasteiger partial charge in [-0.1, -0.05) is 32.9 Å². The standard InChI is InChI=1S/C20H32N2O2.ClH/c1-14(21)16-10-12-22(13-11-16)19(23)15(2)24-18-8-6-17(7-9-18)20(3,4)5;/h6-9,14-16H,10-13,21H2,1-5H3;1H. The van der Waals surface area contributed by atoms with Crippen LogP contribution in [0.3, 0.4) is 0 Å². The second-order valence-electron chi connectivity index (χ2n) is 8.06. The number of ether oxygens (including phenoxy) is 1. The first-order valence-corrected chi connectivity index (χ1v) is 9.00. The van der Waals surface area contributed by atoms with Gasteiger partial charge in [0.25, 0.3) is 5.91 Å². The molecular weight excluding hydrogens is 336 g/mol. The summed E-state index contributed by atoms with van der Waals surface area (Å²) in [5.74, 6) is 1.34. The molecule has 2 rings (SSSR count). The lowest BCUT2D eigenvalue weighted by molar-refractivity contribution is -0.139. The average Bonchev–Trinajstić information content (AvgIpc) is 2.54. The summed E-state index contributed by atoms with van der Waals surface area (Å²) in [7, 11) is 0. The van der Waals surface area contributed by atoms with Crippen LogP contribution in [0, 0.1) is 5.92 Å². The van der Waals surface area contributed by atoms with Gasteiger partial charge in [-0.15, -0.1) is 12.4 Å². The van der Waals surface area contributed by atoms with Crippen LogP contribution in [0.4, 0.5) is 0 Å². The van der Waals surface area contributed by atoms with Crippen molar-refractivity contribution < 1.29 is 9.53 Å². The Morgan fingerprint density at radius 3 is 2.12 bits per heavy atom. The van der Waals surface area contributed by atoms with Crippen LogP contribution >= 0.6 is 12.4 Å².